The number of nitrogens with two attached hydrogens (primary N) is 1. The summed E-state index contributed by atoms with van der Waals surface area (Å²) in [6.45, 7) is -0.224. The number of carbonyl (C=O) groups is 2. The maximum atomic E-state index is 14.0. The zero-order valence-electron chi connectivity index (χ0n) is 12.5. The quantitative estimate of drug-likeness (QED) is 0.640. The van der Waals surface area contributed by atoms with E-state index in [9.17, 15) is 29.0 Å². The molecule has 1 aromatic heterocycles. The Hall–Kier alpha value is -3.40. The molecule has 0 fully saturated rings. The Balaban J connectivity index is 2.49. The third kappa shape index (κ3) is 2.68. The third-order valence-electron chi connectivity index (χ3n) is 3.62. The molecule has 3 rings (SSSR count). The van der Waals surface area contributed by atoms with Gasteiger partial charge >= 0.3 is 11.9 Å². The van der Waals surface area contributed by atoms with Gasteiger partial charge in [0.05, 0.1) is 6.61 Å². The largest absolute Gasteiger partial charge is 0.478 e. The van der Waals surface area contributed by atoms with Crippen LogP contribution in [0.25, 0.3) is 11.1 Å². The first-order valence-corrected chi connectivity index (χ1v) is 6.87. The van der Waals surface area contributed by atoms with Crippen molar-refractivity contribution in [2.24, 2.45) is 0 Å². The number of H-pyrrole nitrogens is 1. The van der Waals surface area contributed by atoms with E-state index in [0.717, 1.165) is 12.1 Å². The van der Waals surface area contributed by atoms with Crippen LogP contribution < -0.4 is 16.0 Å². The van der Waals surface area contributed by atoms with E-state index < -0.39 is 45.8 Å². The van der Waals surface area contributed by atoms with Gasteiger partial charge in [0.1, 0.15) is 28.5 Å². The molecule has 0 unspecified atom stereocenters. The Kier molecular flexibility index (Phi) is 3.89. The molecule has 10 heteroatoms. The van der Waals surface area contributed by atoms with Crippen LogP contribution in [0.1, 0.15) is 26.3 Å². The Morgan fingerprint density at radius 1 is 1.20 bits per heavy atom. The minimum absolute atomic E-state index is 0.0242. The van der Waals surface area contributed by atoms with E-state index in [2.05, 4.69) is 0 Å². The van der Waals surface area contributed by atoms with Crippen LogP contribution in [0.4, 0.5) is 10.2 Å². The maximum absolute atomic E-state index is 14.0. The Morgan fingerprint density at radius 3 is 2.52 bits per heavy atom. The smallest absolute Gasteiger partial charge is 0.342 e. The number of carboxylic acid groups (broad SMARTS) is 2. The number of anilines is 1. The van der Waals surface area contributed by atoms with E-state index in [1.54, 1.807) is 0 Å². The van der Waals surface area contributed by atoms with E-state index in [4.69, 9.17) is 15.2 Å². The van der Waals surface area contributed by atoms with Gasteiger partial charge in [-0.25, -0.2) is 14.0 Å². The van der Waals surface area contributed by atoms with Crippen LogP contribution >= 0.6 is 0 Å². The monoisotopic (exact) mass is 350 g/mol. The Morgan fingerprint density at radius 2 is 1.88 bits per heavy atom. The van der Waals surface area contributed by atoms with Crippen molar-refractivity contribution < 1.29 is 33.7 Å². The van der Waals surface area contributed by atoms with Crippen LogP contribution in [-0.4, -0.2) is 33.9 Å². The predicted octanol–water partition coefficient (Wildman–Crippen LogP) is 1.03. The van der Waals surface area contributed by atoms with E-state index in [0.29, 0.717) is 0 Å². The summed E-state index contributed by atoms with van der Waals surface area (Å²) in [5.74, 6) is -4.58. The van der Waals surface area contributed by atoms with E-state index >= 15 is 0 Å². The average molecular weight is 350 g/mol. The number of nitrogens with one attached hydrogen (secondary N) is 1. The fraction of sp³-hybridized carbons (Fsp3) is 0.133. The van der Waals surface area contributed by atoms with Crippen molar-refractivity contribution in [3.05, 3.63) is 45.0 Å². The summed E-state index contributed by atoms with van der Waals surface area (Å²) in [6, 6.07) is 1.99. The number of benzene rings is 1. The highest BCUT2D eigenvalue weighted by Gasteiger charge is 2.30. The van der Waals surface area contributed by atoms with Gasteiger partial charge in [-0.3, -0.25) is 4.79 Å². The van der Waals surface area contributed by atoms with Gasteiger partial charge in [0.25, 0.3) is 5.56 Å². The first-order chi connectivity index (χ1) is 11.8. The first-order valence-electron chi connectivity index (χ1n) is 6.87. The zero-order valence-corrected chi connectivity index (χ0v) is 12.5. The van der Waals surface area contributed by atoms with Crippen molar-refractivity contribution in [2.75, 3.05) is 12.5 Å². The van der Waals surface area contributed by atoms with Crippen LogP contribution in [0.3, 0.4) is 0 Å². The number of pyridine rings is 1. The van der Waals surface area contributed by atoms with E-state index in [1.807, 2.05) is 4.98 Å². The summed E-state index contributed by atoms with van der Waals surface area (Å²) in [7, 11) is 0. The summed E-state index contributed by atoms with van der Waals surface area (Å²) in [4.78, 5) is 37.2. The molecule has 1 aromatic carbocycles. The number of ether oxygens (including phenoxy) is 2. The molecular formula is C15H11FN2O7. The topological polar surface area (TPSA) is 152 Å². The van der Waals surface area contributed by atoms with E-state index in [-0.39, 0.29) is 30.3 Å². The lowest BCUT2D eigenvalue weighted by Crippen LogP contribution is -2.25. The molecule has 0 atom stereocenters. The molecule has 0 amide bonds. The van der Waals surface area contributed by atoms with Crippen molar-refractivity contribution in [1.82, 2.24) is 4.98 Å². The highest BCUT2D eigenvalue weighted by atomic mass is 19.1. The van der Waals surface area contributed by atoms with Crippen LogP contribution in [0, 0.1) is 5.82 Å². The average Bonchev–Trinajstić information content (AvgIpc) is 2.52. The number of rotatable bonds is 3. The second kappa shape index (κ2) is 5.91. The van der Waals surface area contributed by atoms with Crippen molar-refractivity contribution >= 4 is 17.8 Å². The van der Waals surface area contributed by atoms with E-state index in [1.165, 1.54) is 0 Å². The molecule has 0 radical (unpaired) electrons. The lowest BCUT2D eigenvalue weighted by atomic mass is 9.93. The molecule has 9 nitrogen and oxygen atoms in total. The fourth-order valence-corrected chi connectivity index (χ4v) is 2.68. The minimum Gasteiger partial charge on any atom is -0.478 e. The lowest BCUT2D eigenvalue weighted by Gasteiger charge is -2.22. The second-order valence-corrected chi connectivity index (χ2v) is 5.16. The normalized spacial score (nSPS) is 13.0. The number of aromatic nitrogens is 1. The molecule has 25 heavy (non-hydrogen) atoms. The van der Waals surface area contributed by atoms with Gasteiger partial charge in [-0.1, -0.05) is 0 Å². The number of fused-ring (bicyclic) bond motifs is 1. The first kappa shape index (κ1) is 16.5. The highest BCUT2D eigenvalue weighted by Crippen LogP contribution is 2.40. The van der Waals surface area contributed by atoms with Crippen molar-refractivity contribution in [1.29, 1.82) is 0 Å². The minimum atomic E-state index is -1.69. The number of aromatic carboxylic acids is 2. The van der Waals surface area contributed by atoms with Gasteiger partial charge in [-0.2, -0.15) is 0 Å². The standard InChI is InChI=1S/C15H11FN2O7/c16-6-1-5-3-24-4-25-11(5)7(2-6)8-9(14(20)21)12(17)18-13(19)10(8)15(22)23/h1-2H,3-4H2,(H,20,21)(H,22,23)(H3,17,18,19). The van der Waals surface area contributed by atoms with Gasteiger partial charge in [-0.05, 0) is 12.1 Å². The van der Waals surface area contributed by atoms with Gasteiger partial charge in [0, 0.05) is 16.7 Å². The number of carboxylic acids is 2. The Bertz CT molecular complexity index is 967. The summed E-state index contributed by atoms with van der Waals surface area (Å²) in [5.41, 5.74) is 2.40. The number of hydrogen-bond donors (Lipinski definition) is 4. The zero-order chi connectivity index (χ0) is 18.3. The molecule has 0 bridgehead atoms. The summed E-state index contributed by atoms with van der Waals surface area (Å²) in [5, 5.41) is 18.8. The molecule has 0 spiro atoms. The predicted molar refractivity (Wildman–Crippen MR) is 81.1 cm³/mol. The summed E-state index contributed by atoms with van der Waals surface area (Å²) in [6.07, 6.45) is 0. The molecule has 2 aromatic rings. The van der Waals surface area contributed by atoms with Crippen LogP contribution in [0.15, 0.2) is 16.9 Å². The van der Waals surface area contributed by atoms with Crippen LogP contribution in [0.5, 0.6) is 5.75 Å². The molecule has 1 aliphatic heterocycles. The van der Waals surface area contributed by atoms with Crippen molar-refractivity contribution in [2.45, 2.75) is 6.61 Å². The fourth-order valence-electron chi connectivity index (χ4n) is 2.68. The maximum Gasteiger partial charge on any atom is 0.342 e. The van der Waals surface area contributed by atoms with Crippen LogP contribution in [0.2, 0.25) is 0 Å². The number of aromatic amines is 1. The lowest BCUT2D eigenvalue weighted by molar-refractivity contribution is -0.0161. The van der Waals surface area contributed by atoms with Crippen molar-refractivity contribution in [3.63, 3.8) is 0 Å². The molecule has 0 saturated carbocycles. The van der Waals surface area contributed by atoms with Gasteiger partial charge < -0.3 is 30.4 Å². The SMILES string of the molecule is Nc1[nH]c(=O)c(C(=O)O)c(-c2cc(F)cc3c2OCOC3)c1C(=O)O. The third-order valence-corrected chi connectivity index (χ3v) is 3.62. The molecule has 1 aliphatic rings. The molecule has 5 N–H and O–H groups in total. The summed E-state index contributed by atoms with van der Waals surface area (Å²) >= 11 is 0. The molecule has 0 aliphatic carbocycles. The molecule has 130 valence electrons. The summed E-state index contributed by atoms with van der Waals surface area (Å²) < 4.78 is 24.3. The number of halogens is 1. The highest BCUT2D eigenvalue weighted by molar-refractivity contribution is 6.08. The molecule has 0 saturated heterocycles. The number of nitrogen functional groups attached to an aromatic ring is 1. The Labute approximate surface area is 138 Å². The van der Waals surface area contributed by atoms with Crippen LogP contribution in [-0.2, 0) is 11.3 Å². The number of hydrogen-bond acceptors (Lipinski definition) is 6. The molecular weight excluding hydrogens is 339 g/mol. The molecule has 2 heterocycles. The second-order valence-electron chi connectivity index (χ2n) is 5.16. The van der Waals surface area contributed by atoms with Gasteiger partial charge in [-0.15, -0.1) is 0 Å². The van der Waals surface area contributed by atoms with Crippen molar-refractivity contribution in [3.8, 4) is 16.9 Å². The van der Waals surface area contributed by atoms with Gasteiger partial charge in [0.2, 0.25) is 0 Å². The van der Waals surface area contributed by atoms with Gasteiger partial charge in [0.15, 0.2) is 6.79 Å².